The van der Waals surface area contributed by atoms with Crippen LogP contribution in [-0.4, -0.2) is 26.2 Å². The summed E-state index contributed by atoms with van der Waals surface area (Å²) in [5.41, 5.74) is 0.687. The number of fused-ring (bicyclic) bond motifs is 1. The van der Waals surface area contributed by atoms with Gasteiger partial charge in [-0.2, -0.15) is 0 Å². The zero-order valence-corrected chi connectivity index (χ0v) is 12.4. The molecule has 0 fully saturated rings. The molecule has 0 aliphatic carbocycles. The van der Waals surface area contributed by atoms with Gasteiger partial charge >= 0.3 is 0 Å². The van der Waals surface area contributed by atoms with E-state index in [0.29, 0.717) is 18.7 Å². The molecule has 0 radical (unpaired) electrons. The van der Waals surface area contributed by atoms with Gasteiger partial charge in [-0.05, 0) is 41.5 Å². The van der Waals surface area contributed by atoms with Crippen LogP contribution in [0.5, 0.6) is 0 Å². The molecule has 0 aliphatic rings. The van der Waals surface area contributed by atoms with Crippen molar-refractivity contribution in [2.75, 3.05) is 20.3 Å². The smallest absolute Gasteiger partial charge is 0.251 e. The highest BCUT2D eigenvalue weighted by Crippen LogP contribution is 2.20. The van der Waals surface area contributed by atoms with Gasteiger partial charge in [0.2, 0.25) is 0 Å². The Kier molecular flexibility index (Phi) is 4.93. The molecule has 4 heteroatoms. The van der Waals surface area contributed by atoms with Crippen LogP contribution in [0.4, 0.5) is 0 Å². The van der Waals surface area contributed by atoms with Crippen LogP contribution in [0, 0.1) is 0 Å². The first kappa shape index (κ1) is 14.0. The lowest BCUT2D eigenvalue weighted by atomic mass is 10.1. The summed E-state index contributed by atoms with van der Waals surface area (Å²) >= 11 is 3.44. The van der Waals surface area contributed by atoms with Crippen molar-refractivity contribution in [3.8, 4) is 0 Å². The summed E-state index contributed by atoms with van der Waals surface area (Å²) in [5.74, 6) is -0.0408. The average molecular weight is 322 g/mol. The second-order valence-electron chi connectivity index (χ2n) is 4.31. The third kappa shape index (κ3) is 3.78. The van der Waals surface area contributed by atoms with E-state index in [2.05, 4.69) is 21.2 Å². The van der Waals surface area contributed by atoms with Crippen LogP contribution in [-0.2, 0) is 4.74 Å². The zero-order chi connectivity index (χ0) is 13.7. The fourth-order valence-corrected chi connectivity index (χ4v) is 2.26. The SMILES string of the molecule is COCCCNC(=O)c1ccc2cc(Br)ccc2c1. The van der Waals surface area contributed by atoms with Gasteiger partial charge in [0.1, 0.15) is 0 Å². The lowest BCUT2D eigenvalue weighted by Gasteiger charge is -2.06. The van der Waals surface area contributed by atoms with Gasteiger partial charge in [-0.15, -0.1) is 0 Å². The summed E-state index contributed by atoms with van der Waals surface area (Å²) in [7, 11) is 1.66. The summed E-state index contributed by atoms with van der Waals surface area (Å²) in [6.45, 7) is 1.29. The van der Waals surface area contributed by atoms with Crippen molar-refractivity contribution in [1.29, 1.82) is 0 Å². The number of carbonyl (C=O) groups is 1. The molecule has 0 unspecified atom stereocenters. The first-order chi connectivity index (χ1) is 9.20. The molecular weight excluding hydrogens is 306 g/mol. The summed E-state index contributed by atoms with van der Waals surface area (Å²) in [5, 5.41) is 5.06. The van der Waals surface area contributed by atoms with Crippen molar-refractivity contribution < 1.29 is 9.53 Å². The summed E-state index contributed by atoms with van der Waals surface area (Å²) in [6.07, 6.45) is 0.822. The largest absolute Gasteiger partial charge is 0.385 e. The van der Waals surface area contributed by atoms with Gasteiger partial charge in [-0.1, -0.05) is 28.1 Å². The molecule has 100 valence electrons. The second kappa shape index (κ2) is 6.68. The maximum absolute atomic E-state index is 12.0. The minimum absolute atomic E-state index is 0.0408. The quantitative estimate of drug-likeness (QED) is 0.857. The number of halogens is 1. The molecule has 0 aliphatic heterocycles. The van der Waals surface area contributed by atoms with E-state index in [-0.39, 0.29) is 5.91 Å². The van der Waals surface area contributed by atoms with E-state index >= 15 is 0 Å². The van der Waals surface area contributed by atoms with Crippen molar-refractivity contribution in [2.24, 2.45) is 0 Å². The number of ether oxygens (including phenoxy) is 1. The number of amides is 1. The van der Waals surface area contributed by atoms with E-state index in [1.165, 1.54) is 0 Å². The number of benzene rings is 2. The van der Waals surface area contributed by atoms with Gasteiger partial charge in [0.25, 0.3) is 5.91 Å². The molecule has 19 heavy (non-hydrogen) atoms. The van der Waals surface area contributed by atoms with Crippen molar-refractivity contribution in [3.63, 3.8) is 0 Å². The number of nitrogens with one attached hydrogen (secondary N) is 1. The first-order valence-corrected chi connectivity index (χ1v) is 6.96. The Balaban J connectivity index is 2.08. The Morgan fingerprint density at radius 2 is 1.95 bits per heavy atom. The third-order valence-electron chi connectivity index (χ3n) is 2.88. The fourth-order valence-electron chi connectivity index (χ4n) is 1.88. The van der Waals surface area contributed by atoms with Gasteiger partial charge in [0.05, 0.1) is 0 Å². The normalized spacial score (nSPS) is 10.6. The van der Waals surface area contributed by atoms with Crippen LogP contribution in [0.2, 0.25) is 0 Å². The number of hydrogen-bond acceptors (Lipinski definition) is 2. The van der Waals surface area contributed by atoms with E-state index < -0.39 is 0 Å². The minimum atomic E-state index is -0.0408. The van der Waals surface area contributed by atoms with Crippen molar-refractivity contribution in [2.45, 2.75) is 6.42 Å². The standard InChI is InChI=1S/C15H16BrNO2/c1-19-8-2-7-17-15(18)13-4-3-12-10-14(16)6-5-11(12)9-13/h3-6,9-10H,2,7-8H2,1H3,(H,17,18). The third-order valence-corrected chi connectivity index (χ3v) is 3.37. The topological polar surface area (TPSA) is 38.3 Å². The van der Waals surface area contributed by atoms with Gasteiger partial charge in [-0.25, -0.2) is 0 Å². The van der Waals surface area contributed by atoms with Crippen LogP contribution in [0.15, 0.2) is 40.9 Å². The Bertz CT molecular complexity index is 583. The van der Waals surface area contributed by atoms with Crippen LogP contribution in [0.25, 0.3) is 10.8 Å². The number of rotatable bonds is 5. The first-order valence-electron chi connectivity index (χ1n) is 6.17. The van der Waals surface area contributed by atoms with E-state index in [1.54, 1.807) is 7.11 Å². The van der Waals surface area contributed by atoms with Crippen molar-refractivity contribution >= 4 is 32.6 Å². The fraction of sp³-hybridized carbons (Fsp3) is 0.267. The summed E-state index contributed by atoms with van der Waals surface area (Å²) in [6, 6.07) is 11.7. The molecule has 0 saturated heterocycles. The molecule has 2 aromatic rings. The summed E-state index contributed by atoms with van der Waals surface area (Å²) < 4.78 is 5.98. The molecule has 0 bridgehead atoms. The van der Waals surface area contributed by atoms with Crippen LogP contribution in [0.1, 0.15) is 16.8 Å². The highest BCUT2D eigenvalue weighted by molar-refractivity contribution is 9.10. The maximum Gasteiger partial charge on any atom is 0.251 e. The molecule has 1 N–H and O–H groups in total. The van der Waals surface area contributed by atoms with Gasteiger partial charge < -0.3 is 10.1 Å². The van der Waals surface area contributed by atoms with Crippen LogP contribution < -0.4 is 5.32 Å². The van der Waals surface area contributed by atoms with Gasteiger partial charge in [0.15, 0.2) is 0 Å². The molecule has 1 amide bonds. The molecule has 2 rings (SSSR count). The molecule has 2 aromatic carbocycles. The van der Waals surface area contributed by atoms with E-state index in [4.69, 9.17) is 4.74 Å². The molecular formula is C15H16BrNO2. The number of hydrogen-bond donors (Lipinski definition) is 1. The van der Waals surface area contributed by atoms with Gasteiger partial charge in [-0.3, -0.25) is 4.79 Å². The predicted octanol–water partition coefficient (Wildman–Crippen LogP) is 3.37. The van der Waals surface area contributed by atoms with E-state index in [0.717, 1.165) is 21.7 Å². The Morgan fingerprint density at radius 1 is 1.21 bits per heavy atom. The Hall–Kier alpha value is -1.39. The minimum Gasteiger partial charge on any atom is -0.385 e. The summed E-state index contributed by atoms with van der Waals surface area (Å²) in [4.78, 5) is 12.0. The lowest BCUT2D eigenvalue weighted by Crippen LogP contribution is -2.25. The molecule has 0 heterocycles. The Morgan fingerprint density at radius 3 is 2.74 bits per heavy atom. The monoisotopic (exact) mass is 321 g/mol. The molecule has 3 nitrogen and oxygen atoms in total. The lowest BCUT2D eigenvalue weighted by molar-refractivity contribution is 0.0949. The van der Waals surface area contributed by atoms with Crippen LogP contribution in [0.3, 0.4) is 0 Å². The average Bonchev–Trinajstić information content (AvgIpc) is 2.42. The number of carbonyl (C=O) groups excluding carboxylic acids is 1. The molecule has 0 aromatic heterocycles. The molecule has 0 atom stereocenters. The van der Waals surface area contributed by atoms with Crippen LogP contribution >= 0.6 is 15.9 Å². The van der Waals surface area contributed by atoms with E-state index in [9.17, 15) is 4.79 Å². The maximum atomic E-state index is 12.0. The number of methoxy groups -OCH3 is 1. The molecule has 0 saturated carbocycles. The highest BCUT2D eigenvalue weighted by Gasteiger charge is 2.05. The second-order valence-corrected chi connectivity index (χ2v) is 5.22. The van der Waals surface area contributed by atoms with Crippen molar-refractivity contribution in [3.05, 3.63) is 46.4 Å². The van der Waals surface area contributed by atoms with Gasteiger partial charge in [0, 0.05) is 30.3 Å². The Labute approximate surface area is 121 Å². The highest BCUT2D eigenvalue weighted by atomic mass is 79.9. The predicted molar refractivity (Wildman–Crippen MR) is 80.5 cm³/mol. The molecule has 0 spiro atoms. The zero-order valence-electron chi connectivity index (χ0n) is 10.8. The van der Waals surface area contributed by atoms with Crippen molar-refractivity contribution in [1.82, 2.24) is 5.32 Å². The van der Waals surface area contributed by atoms with E-state index in [1.807, 2.05) is 36.4 Å².